The molecule has 1 aromatic rings. The van der Waals surface area contributed by atoms with Gasteiger partial charge in [-0.1, -0.05) is 26.0 Å². The summed E-state index contributed by atoms with van der Waals surface area (Å²) < 4.78 is 33.0. The van der Waals surface area contributed by atoms with Crippen LogP contribution in [0.15, 0.2) is 18.2 Å². The third kappa shape index (κ3) is 3.76. The largest absolute Gasteiger partial charge is 0.373 e. The maximum absolute atomic E-state index is 13.9. The SMILES string of the molecule is CC(C)CNCC1CCCOC1c1cccc(F)c1F. The normalized spacial score (nSPS) is 23.2. The zero-order chi connectivity index (χ0) is 14.5. The maximum Gasteiger partial charge on any atom is 0.164 e. The van der Waals surface area contributed by atoms with Crippen molar-refractivity contribution in [3.63, 3.8) is 0 Å². The van der Waals surface area contributed by atoms with Crippen LogP contribution in [0.25, 0.3) is 0 Å². The first kappa shape index (κ1) is 15.4. The molecule has 0 amide bonds. The van der Waals surface area contributed by atoms with Gasteiger partial charge >= 0.3 is 0 Å². The van der Waals surface area contributed by atoms with Crippen molar-refractivity contribution in [1.29, 1.82) is 0 Å². The quantitative estimate of drug-likeness (QED) is 0.890. The van der Waals surface area contributed by atoms with Crippen LogP contribution in [-0.2, 0) is 4.74 Å². The van der Waals surface area contributed by atoms with Crippen molar-refractivity contribution < 1.29 is 13.5 Å². The molecule has 2 nitrogen and oxygen atoms in total. The first-order valence-corrected chi connectivity index (χ1v) is 7.35. The molecule has 0 aliphatic carbocycles. The highest BCUT2D eigenvalue weighted by Gasteiger charge is 2.30. The van der Waals surface area contributed by atoms with E-state index in [0.717, 1.165) is 32.0 Å². The molecule has 2 atom stereocenters. The molecule has 1 aliphatic heterocycles. The third-order valence-electron chi connectivity index (χ3n) is 3.69. The first-order valence-electron chi connectivity index (χ1n) is 7.35. The summed E-state index contributed by atoms with van der Waals surface area (Å²) in [7, 11) is 0. The van der Waals surface area contributed by atoms with Gasteiger partial charge in [-0.05, 0) is 31.4 Å². The van der Waals surface area contributed by atoms with Crippen LogP contribution in [0, 0.1) is 23.5 Å². The van der Waals surface area contributed by atoms with Gasteiger partial charge in [0.15, 0.2) is 11.6 Å². The number of benzene rings is 1. The summed E-state index contributed by atoms with van der Waals surface area (Å²) in [6, 6.07) is 4.32. The molecular weight excluding hydrogens is 260 g/mol. The summed E-state index contributed by atoms with van der Waals surface area (Å²) in [6.07, 6.45) is 1.60. The molecule has 0 saturated carbocycles. The lowest BCUT2D eigenvalue weighted by Crippen LogP contribution is -2.34. The van der Waals surface area contributed by atoms with Crippen molar-refractivity contribution in [3.05, 3.63) is 35.4 Å². The monoisotopic (exact) mass is 283 g/mol. The minimum Gasteiger partial charge on any atom is -0.373 e. The molecule has 4 heteroatoms. The van der Waals surface area contributed by atoms with E-state index in [2.05, 4.69) is 19.2 Å². The lowest BCUT2D eigenvalue weighted by Gasteiger charge is -2.32. The van der Waals surface area contributed by atoms with Gasteiger partial charge in [0.1, 0.15) is 0 Å². The predicted octanol–water partition coefficient (Wildman–Crippen LogP) is 3.68. The zero-order valence-electron chi connectivity index (χ0n) is 12.2. The second-order valence-electron chi connectivity index (χ2n) is 5.89. The van der Waals surface area contributed by atoms with Crippen LogP contribution < -0.4 is 5.32 Å². The molecule has 2 rings (SSSR count). The Morgan fingerprint density at radius 2 is 2.15 bits per heavy atom. The Morgan fingerprint density at radius 3 is 2.90 bits per heavy atom. The second kappa shape index (κ2) is 7.14. The fourth-order valence-electron chi connectivity index (χ4n) is 2.69. The van der Waals surface area contributed by atoms with Crippen LogP contribution in [0.5, 0.6) is 0 Å². The van der Waals surface area contributed by atoms with Gasteiger partial charge in [-0.15, -0.1) is 0 Å². The molecule has 112 valence electrons. The first-order chi connectivity index (χ1) is 9.59. The van der Waals surface area contributed by atoms with E-state index in [0.29, 0.717) is 18.1 Å². The van der Waals surface area contributed by atoms with Gasteiger partial charge in [0, 0.05) is 24.6 Å². The summed E-state index contributed by atoms with van der Waals surface area (Å²) in [5.74, 6) is -0.804. The van der Waals surface area contributed by atoms with E-state index >= 15 is 0 Å². The molecule has 1 saturated heterocycles. The number of rotatable bonds is 5. The van der Waals surface area contributed by atoms with E-state index in [1.165, 1.54) is 0 Å². The van der Waals surface area contributed by atoms with Crippen LogP contribution in [-0.4, -0.2) is 19.7 Å². The average Bonchev–Trinajstić information content (AvgIpc) is 2.42. The molecule has 1 N–H and O–H groups in total. The molecule has 0 aromatic heterocycles. The Hall–Kier alpha value is -1.00. The minimum absolute atomic E-state index is 0.193. The fourth-order valence-corrected chi connectivity index (χ4v) is 2.69. The number of hydrogen-bond acceptors (Lipinski definition) is 2. The van der Waals surface area contributed by atoms with Crippen molar-refractivity contribution in [3.8, 4) is 0 Å². The van der Waals surface area contributed by atoms with Gasteiger partial charge < -0.3 is 10.1 Å². The molecule has 0 spiro atoms. The highest BCUT2D eigenvalue weighted by atomic mass is 19.2. The Morgan fingerprint density at radius 1 is 1.35 bits per heavy atom. The Balaban J connectivity index is 2.08. The molecule has 0 bridgehead atoms. The Labute approximate surface area is 119 Å². The molecule has 1 fully saturated rings. The average molecular weight is 283 g/mol. The summed E-state index contributed by atoms with van der Waals surface area (Å²) in [5, 5.41) is 3.39. The van der Waals surface area contributed by atoms with Crippen LogP contribution in [0.3, 0.4) is 0 Å². The van der Waals surface area contributed by atoms with Crippen molar-refractivity contribution in [2.24, 2.45) is 11.8 Å². The standard InChI is InChI=1S/C16H23F2NO/c1-11(2)9-19-10-12-5-4-8-20-16(12)13-6-3-7-14(17)15(13)18/h3,6-7,11-12,16,19H,4-5,8-10H2,1-2H3. The van der Waals surface area contributed by atoms with Gasteiger partial charge in [0.25, 0.3) is 0 Å². The second-order valence-corrected chi connectivity index (χ2v) is 5.89. The van der Waals surface area contributed by atoms with Gasteiger partial charge in [0.05, 0.1) is 6.10 Å². The summed E-state index contributed by atoms with van der Waals surface area (Å²) in [6.45, 7) is 6.61. The number of hydrogen-bond donors (Lipinski definition) is 1. The highest BCUT2D eigenvalue weighted by molar-refractivity contribution is 5.22. The van der Waals surface area contributed by atoms with Gasteiger partial charge in [-0.2, -0.15) is 0 Å². The predicted molar refractivity (Wildman–Crippen MR) is 75.5 cm³/mol. The van der Waals surface area contributed by atoms with Gasteiger partial charge in [-0.25, -0.2) is 8.78 Å². The molecule has 1 aromatic carbocycles. The maximum atomic E-state index is 13.9. The van der Waals surface area contributed by atoms with Crippen LogP contribution in [0.2, 0.25) is 0 Å². The summed E-state index contributed by atoms with van der Waals surface area (Å²) in [5.41, 5.74) is 0.348. The van der Waals surface area contributed by atoms with Gasteiger partial charge in [-0.3, -0.25) is 0 Å². The lowest BCUT2D eigenvalue weighted by molar-refractivity contribution is -0.0300. The van der Waals surface area contributed by atoms with Crippen molar-refractivity contribution in [2.45, 2.75) is 32.8 Å². The van der Waals surface area contributed by atoms with Crippen LogP contribution in [0.4, 0.5) is 8.78 Å². The molecule has 1 heterocycles. The smallest absolute Gasteiger partial charge is 0.164 e. The highest BCUT2D eigenvalue weighted by Crippen LogP contribution is 2.35. The summed E-state index contributed by atoms with van der Waals surface area (Å²) in [4.78, 5) is 0. The van der Waals surface area contributed by atoms with E-state index in [1.807, 2.05) is 0 Å². The number of ether oxygens (including phenoxy) is 1. The lowest BCUT2D eigenvalue weighted by atomic mass is 9.89. The van der Waals surface area contributed by atoms with Crippen molar-refractivity contribution in [2.75, 3.05) is 19.7 Å². The van der Waals surface area contributed by atoms with E-state index < -0.39 is 11.6 Å². The molecule has 20 heavy (non-hydrogen) atoms. The fraction of sp³-hybridized carbons (Fsp3) is 0.625. The summed E-state index contributed by atoms with van der Waals surface area (Å²) >= 11 is 0. The van der Waals surface area contributed by atoms with E-state index in [4.69, 9.17) is 4.74 Å². The van der Waals surface area contributed by atoms with Crippen molar-refractivity contribution in [1.82, 2.24) is 5.32 Å². The van der Waals surface area contributed by atoms with Crippen molar-refractivity contribution >= 4 is 0 Å². The molecular formula is C16H23F2NO. The minimum atomic E-state index is -0.800. The van der Waals surface area contributed by atoms with Crippen LogP contribution >= 0.6 is 0 Å². The molecule has 0 radical (unpaired) electrons. The molecule has 2 unspecified atom stereocenters. The number of halogens is 2. The van der Waals surface area contributed by atoms with E-state index in [-0.39, 0.29) is 12.0 Å². The van der Waals surface area contributed by atoms with Crippen LogP contribution in [0.1, 0.15) is 38.4 Å². The molecule has 1 aliphatic rings. The Kier molecular flexibility index (Phi) is 5.49. The van der Waals surface area contributed by atoms with E-state index in [9.17, 15) is 8.78 Å². The third-order valence-corrected chi connectivity index (χ3v) is 3.69. The van der Waals surface area contributed by atoms with Gasteiger partial charge in [0.2, 0.25) is 0 Å². The number of nitrogens with one attached hydrogen (secondary N) is 1. The Bertz CT molecular complexity index is 436. The topological polar surface area (TPSA) is 21.3 Å². The zero-order valence-corrected chi connectivity index (χ0v) is 12.2. The van der Waals surface area contributed by atoms with E-state index in [1.54, 1.807) is 12.1 Å².